The molecule has 6 nitrogen and oxygen atoms in total. The minimum absolute atomic E-state index is 0.241. The van der Waals surface area contributed by atoms with Crippen LogP contribution in [0.25, 0.3) is 0 Å². The van der Waals surface area contributed by atoms with Gasteiger partial charge < -0.3 is 19.0 Å². The Morgan fingerprint density at radius 3 is 2.70 bits per heavy atom. The Morgan fingerprint density at radius 1 is 1.19 bits per heavy atom. The van der Waals surface area contributed by atoms with E-state index >= 15 is 0 Å². The van der Waals surface area contributed by atoms with Gasteiger partial charge in [-0.3, -0.25) is 4.79 Å². The van der Waals surface area contributed by atoms with Crippen molar-refractivity contribution in [1.29, 1.82) is 0 Å². The van der Waals surface area contributed by atoms with Gasteiger partial charge in [0.25, 0.3) is 5.91 Å². The van der Waals surface area contributed by atoms with Gasteiger partial charge in [0.2, 0.25) is 0 Å². The maximum atomic E-state index is 12.4. The number of carbonyl (C=O) groups excluding carboxylic acids is 1. The van der Waals surface area contributed by atoms with E-state index in [0.29, 0.717) is 17.2 Å². The number of nitrogens with one attached hydrogen (secondary N) is 1. The minimum atomic E-state index is -0.313. The van der Waals surface area contributed by atoms with E-state index in [2.05, 4.69) is 24.3 Å². The van der Waals surface area contributed by atoms with Gasteiger partial charge in [0.15, 0.2) is 11.5 Å². The summed E-state index contributed by atoms with van der Waals surface area (Å²) in [6.45, 7) is 4.76. The van der Waals surface area contributed by atoms with E-state index in [4.69, 9.17) is 13.7 Å². The molecule has 142 valence electrons. The molecular formula is C21H24N2O4. The molecule has 0 bridgehead atoms. The van der Waals surface area contributed by atoms with E-state index in [9.17, 15) is 4.79 Å². The van der Waals surface area contributed by atoms with Gasteiger partial charge in [-0.1, -0.05) is 37.2 Å². The van der Waals surface area contributed by atoms with Crippen molar-refractivity contribution < 1.29 is 18.5 Å². The molecule has 0 aliphatic rings. The van der Waals surface area contributed by atoms with Crippen LogP contribution in [0.2, 0.25) is 0 Å². The Balaban J connectivity index is 1.57. The highest BCUT2D eigenvalue weighted by atomic mass is 16.5. The van der Waals surface area contributed by atoms with Crippen molar-refractivity contribution in [2.24, 2.45) is 0 Å². The van der Waals surface area contributed by atoms with Gasteiger partial charge in [-0.05, 0) is 31.0 Å². The number of benzene rings is 1. The zero-order valence-electron chi connectivity index (χ0n) is 15.6. The summed E-state index contributed by atoms with van der Waals surface area (Å²) in [5, 5.41) is 6.92. The van der Waals surface area contributed by atoms with Crippen LogP contribution < -0.4 is 10.1 Å². The number of carbonyl (C=O) groups is 1. The third-order valence-corrected chi connectivity index (χ3v) is 4.49. The predicted octanol–water partition coefficient (Wildman–Crippen LogP) is 4.68. The number of ether oxygens (including phenoxy) is 1. The van der Waals surface area contributed by atoms with E-state index in [1.54, 1.807) is 6.07 Å². The number of furan rings is 1. The fourth-order valence-corrected chi connectivity index (χ4v) is 2.89. The Labute approximate surface area is 158 Å². The van der Waals surface area contributed by atoms with Crippen LogP contribution in [0, 0.1) is 0 Å². The highest BCUT2D eigenvalue weighted by Crippen LogP contribution is 2.22. The largest absolute Gasteiger partial charge is 0.489 e. The van der Waals surface area contributed by atoms with Gasteiger partial charge in [0.1, 0.15) is 12.4 Å². The van der Waals surface area contributed by atoms with Crippen LogP contribution >= 0.6 is 0 Å². The lowest BCUT2D eigenvalue weighted by Crippen LogP contribution is -2.23. The number of aromatic nitrogens is 1. The summed E-state index contributed by atoms with van der Waals surface area (Å²) in [5.41, 5.74) is 1.62. The van der Waals surface area contributed by atoms with Crippen molar-refractivity contribution in [2.75, 3.05) is 0 Å². The number of rotatable bonds is 9. The maximum absolute atomic E-state index is 12.4. The molecule has 3 aromatic rings. The SMILES string of the molecule is CCC(CC)c1cc(CNC(=O)c2occc2COc2ccccc2)on1. The van der Waals surface area contributed by atoms with Crippen LogP contribution in [0.5, 0.6) is 5.75 Å². The van der Waals surface area contributed by atoms with Crippen LogP contribution in [0.15, 0.2) is 57.7 Å². The van der Waals surface area contributed by atoms with Crippen LogP contribution in [0.3, 0.4) is 0 Å². The first-order valence-corrected chi connectivity index (χ1v) is 9.19. The lowest BCUT2D eigenvalue weighted by atomic mass is 9.99. The zero-order chi connectivity index (χ0) is 19.1. The molecule has 0 atom stereocenters. The van der Waals surface area contributed by atoms with Gasteiger partial charge in [-0.15, -0.1) is 0 Å². The van der Waals surface area contributed by atoms with Crippen LogP contribution in [0.1, 0.15) is 60.2 Å². The van der Waals surface area contributed by atoms with E-state index < -0.39 is 0 Å². The molecule has 1 N–H and O–H groups in total. The highest BCUT2D eigenvalue weighted by Gasteiger charge is 2.17. The fourth-order valence-electron chi connectivity index (χ4n) is 2.89. The lowest BCUT2D eigenvalue weighted by molar-refractivity contribution is 0.0915. The van der Waals surface area contributed by atoms with Crippen molar-refractivity contribution in [2.45, 2.75) is 45.8 Å². The number of hydrogen-bond acceptors (Lipinski definition) is 5. The smallest absolute Gasteiger partial charge is 0.287 e. The van der Waals surface area contributed by atoms with Gasteiger partial charge >= 0.3 is 0 Å². The maximum Gasteiger partial charge on any atom is 0.287 e. The zero-order valence-corrected chi connectivity index (χ0v) is 15.6. The molecule has 1 aromatic carbocycles. The molecule has 3 rings (SSSR count). The molecule has 2 aromatic heterocycles. The highest BCUT2D eigenvalue weighted by molar-refractivity contribution is 5.92. The molecule has 0 aliphatic carbocycles. The predicted molar refractivity (Wildman–Crippen MR) is 100 cm³/mol. The number of nitrogens with zero attached hydrogens (tertiary/aromatic N) is 1. The van der Waals surface area contributed by atoms with Crippen molar-refractivity contribution >= 4 is 5.91 Å². The van der Waals surface area contributed by atoms with Crippen molar-refractivity contribution in [3.8, 4) is 5.75 Å². The molecule has 0 spiro atoms. The number of amides is 1. The molecule has 2 heterocycles. The second-order valence-corrected chi connectivity index (χ2v) is 6.29. The summed E-state index contributed by atoms with van der Waals surface area (Å²) in [6, 6.07) is 13.1. The molecule has 0 saturated heterocycles. The molecule has 0 saturated carbocycles. The Kier molecular flexibility index (Phi) is 6.30. The van der Waals surface area contributed by atoms with Crippen molar-refractivity contribution in [3.05, 3.63) is 71.5 Å². The summed E-state index contributed by atoms with van der Waals surface area (Å²) in [5.74, 6) is 1.67. The van der Waals surface area contributed by atoms with Gasteiger partial charge in [0, 0.05) is 17.5 Å². The second-order valence-electron chi connectivity index (χ2n) is 6.29. The molecule has 6 heteroatoms. The summed E-state index contributed by atoms with van der Waals surface area (Å²) in [4.78, 5) is 12.4. The van der Waals surface area contributed by atoms with Crippen molar-refractivity contribution in [3.63, 3.8) is 0 Å². The summed E-state index contributed by atoms with van der Waals surface area (Å²) in [6.07, 6.45) is 3.50. The first-order chi connectivity index (χ1) is 13.2. The first-order valence-electron chi connectivity index (χ1n) is 9.19. The third kappa shape index (κ3) is 4.78. The summed E-state index contributed by atoms with van der Waals surface area (Å²) >= 11 is 0. The second kappa shape index (κ2) is 9.07. The quantitative estimate of drug-likeness (QED) is 0.593. The first kappa shape index (κ1) is 18.8. The van der Waals surface area contributed by atoms with Gasteiger partial charge in [-0.2, -0.15) is 0 Å². The fraction of sp³-hybridized carbons (Fsp3) is 0.333. The molecule has 27 heavy (non-hydrogen) atoms. The Morgan fingerprint density at radius 2 is 1.96 bits per heavy atom. The molecule has 0 aliphatic heterocycles. The molecular weight excluding hydrogens is 344 g/mol. The summed E-state index contributed by atoms with van der Waals surface area (Å²) in [7, 11) is 0. The lowest BCUT2D eigenvalue weighted by Gasteiger charge is -2.06. The molecule has 0 fully saturated rings. The average molecular weight is 368 g/mol. The van der Waals surface area contributed by atoms with E-state index in [1.165, 1.54) is 6.26 Å². The monoisotopic (exact) mass is 368 g/mol. The van der Waals surface area contributed by atoms with Gasteiger partial charge in [-0.25, -0.2) is 0 Å². The van der Waals surface area contributed by atoms with Gasteiger partial charge in [0.05, 0.1) is 18.5 Å². The van der Waals surface area contributed by atoms with E-state index in [1.807, 2.05) is 36.4 Å². The molecule has 1 amide bonds. The van der Waals surface area contributed by atoms with E-state index in [-0.39, 0.29) is 24.8 Å². The standard InChI is InChI=1S/C21H24N2O4/c1-3-15(4-2)19-12-18(27-23-19)13-22-21(24)20-16(10-11-25-20)14-26-17-8-6-5-7-9-17/h5-12,15H,3-4,13-14H2,1-2H3,(H,22,24). The van der Waals surface area contributed by atoms with Crippen LogP contribution in [-0.4, -0.2) is 11.1 Å². The van der Waals surface area contributed by atoms with Crippen LogP contribution in [0.4, 0.5) is 0 Å². The number of hydrogen-bond donors (Lipinski definition) is 1. The third-order valence-electron chi connectivity index (χ3n) is 4.49. The Bertz CT molecular complexity index is 850. The summed E-state index contributed by atoms with van der Waals surface area (Å²) < 4.78 is 16.4. The topological polar surface area (TPSA) is 77.5 Å². The van der Waals surface area contributed by atoms with E-state index in [0.717, 1.165) is 24.3 Å². The van der Waals surface area contributed by atoms with Crippen molar-refractivity contribution in [1.82, 2.24) is 10.5 Å². The molecule has 0 unspecified atom stereocenters. The average Bonchev–Trinajstić information content (AvgIpc) is 3.36. The normalized spacial score (nSPS) is 10.9. The Hall–Kier alpha value is -3.02. The molecule has 0 radical (unpaired) electrons. The van der Waals surface area contributed by atoms with Crippen LogP contribution in [-0.2, 0) is 13.2 Å². The minimum Gasteiger partial charge on any atom is -0.489 e. The number of para-hydroxylation sites is 1.